The molecule has 1 aliphatic heterocycles. The molecule has 0 N–H and O–H groups in total. The number of halogens is 1. The van der Waals surface area contributed by atoms with Crippen molar-refractivity contribution in [1.82, 2.24) is 4.90 Å². The second-order valence-corrected chi connectivity index (χ2v) is 3.93. The van der Waals surface area contributed by atoms with Crippen molar-refractivity contribution in [2.75, 3.05) is 13.2 Å². The van der Waals surface area contributed by atoms with Gasteiger partial charge in [-0.3, -0.25) is 9.18 Å². The van der Waals surface area contributed by atoms with Crippen molar-refractivity contribution in [2.24, 2.45) is 5.92 Å². The van der Waals surface area contributed by atoms with Gasteiger partial charge in [-0.15, -0.1) is 0 Å². The standard InChI is InChI=1S/C12H14FNO/c1-9(10-5-3-2-4-6-10)14-8-11(7-13)12(14)15/h2-6,9,11H,7-8H2,1H3. The Balaban J connectivity index is 2.05. The predicted octanol–water partition coefficient (Wildman–Crippen LogP) is 2.18. The highest BCUT2D eigenvalue weighted by Gasteiger charge is 2.39. The summed E-state index contributed by atoms with van der Waals surface area (Å²) in [6.45, 7) is 1.99. The number of rotatable bonds is 3. The molecule has 1 saturated heterocycles. The molecule has 1 amide bonds. The van der Waals surface area contributed by atoms with Crippen LogP contribution in [-0.2, 0) is 4.79 Å². The highest BCUT2D eigenvalue weighted by Crippen LogP contribution is 2.29. The van der Waals surface area contributed by atoms with Crippen molar-refractivity contribution in [3.63, 3.8) is 0 Å². The number of hydrogen-bond donors (Lipinski definition) is 0. The molecule has 2 rings (SSSR count). The smallest absolute Gasteiger partial charge is 0.230 e. The van der Waals surface area contributed by atoms with E-state index in [0.717, 1.165) is 5.56 Å². The molecule has 2 nitrogen and oxygen atoms in total. The summed E-state index contributed by atoms with van der Waals surface area (Å²) < 4.78 is 12.3. The normalized spacial score (nSPS) is 22.4. The van der Waals surface area contributed by atoms with Crippen LogP contribution in [-0.4, -0.2) is 24.0 Å². The van der Waals surface area contributed by atoms with E-state index in [1.807, 2.05) is 37.3 Å². The van der Waals surface area contributed by atoms with Crippen molar-refractivity contribution in [1.29, 1.82) is 0 Å². The Hall–Kier alpha value is -1.38. The Morgan fingerprint density at radius 3 is 2.67 bits per heavy atom. The number of carbonyl (C=O) groups excluding carboxylic acids is 1. The molecule has 1 aliphatic rings. The zero-order chi connectivity index (χ0) is 10.8. The van der Waals surface area contributed by atoms with Crippen LogP contribution < -0.4 is 0 Å². The highest BCUT2D eigenvalue weighted by atomic mass is 19.1. The zero-order valence-electron chi connectivity index (χ0n) is 8.69. The summed E-state index contributed by atoms with van der Waals surface area (Å²) in [6.07, 6.45) is 0. The quantitative estimate of drug-likeness (QED) is 0.696. The van der Waals surface area contributed by atoms with E-state index in [-0.39, 0.29) is 11.9 Å². The topological polar surface area (TPSA) is 20.3 Å². The summed E-state index contributed by atoms with van der Waals surface area (Å²) in [6, 6.07) is 9.87. The lowest BCUT2D eigenvalue weighted by molar-refractivity contribution is -0.152. The van der Waals surface area contributed by atoms with Crippen LogP contribution in [0.25, 0.3) is 0 Å². The zero-order valence-corrected chi connectivity index (χ0v) is 8.69. The largest absolute Gasteiger partial charge is 0.335 e. The van der Waals surface area contributed by atoms with Gasteiger partial charge in [-0.05, 0) is 12.5 Å². The first-order valence-corrected chi connectivity index (χ1v) is 5.15. The third-order valence-electron chi connectivity index (χ3n) is 2.99. The van der Waals surface area contributed by atoms with Crippen LogP contribution in [0.2, 0.25) is 0 Å². The first-order chi connectivity index (χ1) is 7.24. The van der Waals surface area contributed by atoms with Gasteiger partial charge in [-0.25, -0.2) is 0 Å². The van der Waals surface area contributed by atoms with E-state index >= 15 is 0 Å². The summed E-state index contributed by atoms with van der Waals surface area (Å²) in [5.74, 6) is -0.454. The summed E-state index contributed by atoms with van der Waals surface area (Å²) in [4.78, 5) is 13.2. The number of nitrogens with zero attached hydrogens (tertiary/aromatic N) is 1. The monoisotopic (exact) mass is 207 g/mol. The Bertz CT molecular complexity index is 352. The Kier molecular flexibility index (Phi) is 2.71. The van der Waals surface area contributed by atoms with Crippen LogP contribution in [0.15, 0.2) is 30.3 Å². The fourth-order valence-electron chi connectivity index (χ4n) is 1.90. The predicted molar refractivity (Wildman–Crippen MR) is 56.0 cm³/mol. The molecule has 0 aliphatic carbocycles. The Morgan fingerprint density at radius 2 is 2.13 bits per heavy atom. The van der Waals surface area contributed by atoms with Crippen molar-refractivity contribution in [2.45, 2.75) is 13.0 Å². The number of hydrogen-bond acceptors (Lipinski definition) is 1. The molecule has 15 heavy (non-hydrogen) atoms. The van der Waals surface area contributed by atoms with Gasteiger partial charge in [0.15, 0.2) is 0 Å². The minimum absolute atomic E-state index is 0.0569. The lowest BCUT2D eigenvalue weighted by Crippen LogP contribution is -2.54. The Labute approximate surface area is 88.7 Å². The Morgan fingerprint density at radius 1 is 1.47 bits per heavy atom. The van der Waals surface area contributed by atoms with Gasteiger partial charge >= 0.3 is 0 Å². The first kappa shape index (κ1) is 10.1. The van der Waals surface area contributed by atoms with Gasteiger partial charge in [0.25, 0.3) is 0 Å². The van der Waals surface area contributed by atoms with E-state index in [1.54, 1.807) is 4.90 Å². The molecule has 0 radical (unpaired) electrons. The minimum atomic E-state index is -0.531. The van der Waals surface area contributed by atoms with E-state index in [2.05, 4.69) is 0 Å². The summed E-state index contributed by atoms with van der Waals surface area (Å²) >= 11 is 0. The average Bonchev–Trinajstić information content (AvgIpc) is 2.28. The lowest BCUT2D eigenvalue weighted by atomic mass is 9.95. The van der Waals surface area contributed by atoms with Gasteiger partial charge < -0.3 is 4.90 Å². The molecule has 2 atom stereocenters. The average molecular weight is 207 g/mol. The van der Waals surface area contributed by atoms with E-state index < -0.39 is 12.6 Å². The maximum Gasteiger partial charge on any atom is 0.230 e. The molecule has 0 spiro atoms. The maximum atomic E-state index is 12.3. The molecule has 3 heteroatoms. The van der Waals surface area contributed by atoms with E-state index in [0.29, 0.717) is 6.54 Å². The van der Waals surface area contributed by atoms with E-state index in [4.69, 9.17) is 0 Å². The highest BCUT2D eigenvalue weighted by molar-refractivity contribution is 5.85. The SMILES string of the molecule is CC(c1ccccc1)N1CC(CF)C1=O. The van der Waals surface area contributed by atoms with Crippen LogP contribution in [0, 0.1) is 5.92 Å². The van der Waals surface area contributed by atoms with E-state index in [1.165, 1.54) is 0 Å². The van der Waals surface area contributed by atoms with Crippen LogP contribution in [0.4, 0.5) is 4.39 Å². The van der Waals surface area contributed by atoms with Gasteiger partial charge in [-0.1, -0.05) is 30.3 Å². The maximum absolute atomic E-state index is 12.3. The van der Waals surface area contributed by atoms with Crippen molar-refractivity contribution in [3.8, 4) is 0 Å². The van der Waals surface area contributed by atoms with Gasteiger partial charge in [0.05, 0.1) is 12.0 Å². The summed E-state index contributed by atoms with van der Waals surface area (Å²) in [5.41, 5.74) is 1.10. The van der Waals surface area contributed by atoms with Gasteiger partial charge in [0.1, 0.15) is 6.67 Å². The second-order valence-electron chi connectivity index (χ2n) is 3.93. The second kappa shape index (κ2) is 4.01. The molecule has 1 aromatic carbocycles. The number of β-lactam (4-membered cyclic amide) rings is 1. The fourth-order valence-corrected chi connectivity index (χ4v) is 1.90. The molecule has 2 unspecified atom stereocenters. The first-order valence-electron chi connectivity index (χ1n) is 5.15. The summed E-state index contributed by atoms with van der Waals surface area (Å²) in [5, 5.41) is 0. The van der Waals surface area contributed by atoms with Crippen molar-refractivity contribution in [3.05, 3.63) is 35.9 Å². The van der Waals surface area contributed by atoms with Crippen molar-refractivity contribution < 1.29 is 9.18 Å². The molecular weight excluding hydrogens is 193 g/mol. The van der Waals surface area contributed by atoms with Gasteiger partial charge in [0.2, 0.25) is 5.91 Å². The molecule has 0 aromatic heterocycles. The molecule has 1 aromatic rings. The number of carbonyl (C=O) groups is 1. The molecular formula is C12H14FNO. The number of alkyl halides is 1. The van der Waals surface area contributed by atoms with Crippen molar-refractivity contribution >= 4 is 5.91 Å². The molecule has 0 saturated carbocycles. The third-order valence-corrected chi connectivity index (χ3v) is 2.99. The van der Waals surface area contributed by atoms with Crippen LogP contribution >= 0.6 is 0 Å². The molecule has 1 heterocycles. The van der Waals surface area contributed by atoms with Gasteiger partial charge in [0, 0.05) is 6.54 Å². The fraction of sp³-hybridized carbons (Fsp3) is 0.417. The number of likely N-dealkylation sites (tertiary alicyclic amines) is 1. The van der Waals surface area contributed by atoms with Crippen LogP contribution in [0.5, 0.6) is 0 Å². The molecule has 80 valence electrons. The minimum Gasteiger partial charge on any atom is -0.335 e. The van der Waals surface area contributed by atoms with Crippen LogP contribution in [0.1, 0.15) is 18.5 Å². The van der Waals surface area contributed by atoms with Gasteiger partial charge in [-0.2, -0.15) is 0 Å². The number of amides is 1. The third kappa shape index (κ3) is 1.74. The lowest BCUT2D eigenvalue weighted by Gasteiger charge is -2.41. The number of benzene rings is 1. The molecule has 1 fully saturated rings. The molecule has 0 bridgehead atoms. The summed E-state index contributed by atoms with van der Waals surface area (Å²) in [7, 11) is 0. The van der Waals surface area contributed by atoms with Crippen LogP contribution in [0.3, 0.4) is 0 Å². The van der Waals surface area contributed by atoms with E-state index in [9.17, 15) is 9.18 Å².